The molecule has 0 aromatic heterocycles. The molecule has 0 saturated heterocycles. The van der Waals surface area contributed by atoms with E-state index in [1.54, 1.807) is 12.1 Å². The van der Waals surface area contributed by atoms with Crippen molar-refractivity contribution in [2.45, 2.75) is 64.7 Å². The summed E-state index contributed by atoms with van der Waals surface area (Å²) in [6.07, 6.45) is 8.49. The Kier molecular flexibility index (Phi) is 12.4. The lowest BCUT2D eigenvalue weighted by molar-refractivity contribution is -0.147. The zero-order chi connectivity index (χ0) is 29.8. The van der Waals surface area contributed by atoms with Crippen molar-refractivity contribution in [2.24, 2.45) is 5.92 Å². The molecule has 1 saturated carbocycles. The number of aryl methyl sites for hydroxylation is 1. The van der Waals surface area contributed by atoms with Crippen molar-refractivity contribution in [3.63, 3.8) is 0 Å². The molecular formula is C33H42O8. The predicted octanol–water partition coefficient (Wildman–Crippen LogP) is 5.85. The highest BCUT2D eigenvalue weighted by Crippen LogP contribution is 2.40. The van der Waals surface area contributed by atoms with Gasteiger partial charge in [-0.1, -0.05) is 64.1 Å². The van der Waals surface area contributed by atoms with Gasteiger partial charge in [0, 0.05) is 0 Å². The fraction of sp³-hybridized carbons (Fsp3) is 0.455. The van der Waals surface area contributed by atoms with Crippen molar-refractivity contribution >= 4 is 11.9 Å². The maximum Gasteiger partial charge on any atom is 0.338 e. The summed E-state index contributed by atoms with van der Waals surface area (Å²) in [5, 5.41) is 18.1. The van der Waals surface area contributed by atoms with Gasteiger partial charge in [-0.25, -0.2) is 9.59 Å². The first-order chi connectivity index (χ1) is 19.8. The Morgan fingerprint density at radius 1 is 0.829 bits per heavy atom. The van der Waals surface area contributed by atoms with Crippen molar-refractivity contribution in [3.05, 3.63) is 71.8 Å². The second-order valence-corrected chi connectivity index (χ2v) is 10.3. The lowest BCUT2D eigenvalue weighted by Gasteiger charge is -2.29. The van der Waals surface area contributed by atoms with E-state index in [4.69, 9.17) is 29.2 Å². The Labute approximate surface area is 242 Å². The molecule has 2 N–H and O–H groups in total. The van der Waals surface area contributed by atoms with Crippen LogP contribution in [-0.4, -0.2) is 49.0 Å². The minimum atomic E-state index is -0.783. The van der Waals surface area contributed by atoms with Crippen LogP contribution in [0.5, 0.6) is 11.5 Å². The molecule has 3 rings (SSSR count). The molecule has 2 aromatic rings. The topological polar surface area (TPSA) is 112 Å². The van der Waals surface area contributed by atoms with Crippen LogP contribution in [0.25, 0.3) is 11.1 Å². The number of carbonyl (C=O) groups is 2. The molecule has 0 unspecified atom stereocenters. The van der Waals surface area contributed by atoms with E-state index < -0.39 is 38.7 Å². The molecule has 0 radical (unpaired) electrons. The highest BCUT2D eigenvalue weighted by atomic mass is 16.7. The maximum absolute atomic E-state index is 11.9. The number of hydrogen-bond donors (Lipinski definition) is 2. The summed E-state index contributed by atoms with van der Waals surface area (Å²) in [7, 11) is 0. The van der Waals surface area contributed by atoms with Gasteiger partial charge in [0.1, 0.15) is 0 Å². The van der Waals surface area contributed by atoms with E-state index in [0.29, 0.717) is 5.92 Å². The fourth-order valence-corrected chi connectivity index (χ4v) is 5.17. The zero-order valence-electron chi connectivity index (χ0n) is 24.2. The third kappa shape index (κ3) is 8.93. The van der Waals surface area contributed by atoms with Crippen molar-refractivity contribution in [1.82, 2.24) is 0 Å². The number of hydrogen-bond acceptors (Lipinski definition) is 8. The molecule has 0 aliphatic heterocycles. The summed E-state index contributed by atoms with van der Waals surface area (Å²) in [4.78, 5) is 23.7. The summed E-state index contributed by atoms with van der Waals surface area (Å²) >= 11 is 0. The Hall–Kier alpha value is -3.62. The van der Waals surface area contributed by atoms with Gasteiger partial charge in [0.25, 0.3) is 0 Å². The van der Waals surface area contributed by atoms with Crippen LogP contribution in [0.15, 0.2) is 60.7 Å². The standard InChI is InChI=1S/C33H42O8/c1-5-7-24-8-10-26(11-9-24)27-12-14-29(25(6-2)16-27)28-13-15-30(38-20-40-32(36)22(3)18-34)31(17-28)39-21-41-33(37)23(4)19-35/h12-17,24,26,34-35H,3-11,18-21H2,1-2H3. The average molecular weight is 567 g/mol. The van der Waals surface area contributed by atoms with Crippen LogP contribution in [0.1, 0.15) is 69.4 Å². The third-order valence-electron chi connectivity index (χ3n) is 7.55. The largest absolute Gasteiger partial charge is 0.453 e. The molecule has 41 heavy (non-hydrogen) atoms. The van der Waals surface area contributed by atoms with E-state index in [9.17, 15) is 9.59 Å². The smallest absolute Gasteiger partial charge is 0.338 e. The van der Waals surface area contributed by atoms with E-state index >= 15 is 0 Å². The molecule has 2 aromatic carbocycles. The third-order valence-corrected chi connectivity index (χ3v) is 7.55. The molecule has 0 atom stereocenters. The molecule has 0 amide bonds. The van der Waals surface area contributed by atoms with Crippen LogP contribution >= 0.6 is 0 Å². The number of benzene rings is 2. The summed E-state index contributed by atoms with van der Waals surface area (Å²) in [5.41, 5.74) is 4.37. The number of carbonyl (C=O) groups excluding carboxylic acids is 2. The number of aliphatic hydroxyl groups excluding tert-OH is 2. The van der Waals surface area contributed by atoms with Crippen LogP contribution in [-0.2, 0) is 25.5 Å². The van der Waals surface area contributed by atoms with Crippen molar-refractivity contribution in [3.8, 4) is 22.6 Å². The summed E-state index contributed by atoms with van der Waals surface area (Å²) in [6, 6.07) is 12.1. The number of ether oxygens (including phenoxy) is 4. The predicted molar refractivity (Wildman–Crippen MR) is 156 cm³/mol. The molecule has 0 heterocycles. The summed E-state index contributed by atoms with van der Waals surface area (Å²) < 4.78 is 21.4. The van der Waals surface area contributed by atoms with Gasteiger partial charge >= 0.3 is 11.9 Å². The summed E-state index contributed by atoms with van der Waals surface area (Å²) in [6.45, 7) is 9.33. The molecule has 8 nitrogen and oxygen atoms in total. The van der Waals surface area contributed by atoms with Gasteiger partial charge in [-0.05, 0) is 78.3 Å². The normalized spacial score (nSPS) is 16.5. The SMILES string of the molecule is C=C(CO)C(=O)OCOc1ccc(-c2ccc(C3CCC(CCC)CC3)cc2CC)cc1OCOC(=O)C(=C)CO. The van der Waals surface area contributed by atoms with Crippen LogP contribution in [0.3, 0.4) is 0 Å². The van der Waals surface area contributed by atoms with E-state index in [2.05, 4.69) is 45.2 Å². The lowest BCUT2D eigenvalue weighted by Crippen LogP contribution is -2.15. The van der Waals surface area contributed by atoms with E-state index in [0.717, 1.165) is 23.5 Å². The van der Waals surface area contributed by atoms with Crippen molar-refractivity contribution < 1.29 is 38.7 Å². The molecule has 222 valence electrons. The van der Waals surface area contributed by atoms with Gasteiger partial charge in [-0.2, -0.15) is 0 Å². The van der Waals surface area contributed by atoms with Crippen molar-refractivity contribution in [2.75, 3.05) is 26.8 Å². The van der Waals surface area contributed by atoms with Crippen LogP contribution in [0.4, 0.5) is 0 Å². The molecular weight excluding hydrogens is 524 g/mol. The number of rotatable bonds is 15. The zero-order valence-corrected chi connectivity index (χ0v) is 24.2. The van der Waals surface area contributed by atoms with Gasteiger partial charge in [0.05, 0.1) is 24.4 Å². The van der Waals surface area contributed by atoms with Gasteiger partial charge < -0.3 is 29.2 Å². The first kappa shape index (κ1) is 31.9. The van der Waals surface area contributed by atoms with E-state index in [1.807, 2.05) is 6.07 Å². The Balaban J connectivity index is 1.80. The van der Waals surface area contributed by atoms with Crippen molar-refractivity contribution in [1.29, 1.82) is 0 Å². The van der Waals surface area contributed by atoms with E-state index in [1.165, 1.54) is 49.7 Å². The number of esters is 2. The van der Waals surface area contributed by atoms with Gasteiger partial charge in [-0.15, -0.1) is 0 Å². The molecule has 0 bridgehead atoms. The molecule has 1 aliphatic carbocycles. The molecule has 0 spiro atoms. The van der Waals surface area contributed by atoms with Gasteiger partial charge in [-0.3, -0.25) is 0 Å². The summed E-state index contributed by atoms with van der Waals surface area (Å²) in [5.74, 6) is 0.405. The maximum atomic E-state index is 11.9. The lowest BCUT2D eigenvalue weighted by atomic mass is 9.76. The molecule has 1 aliphatic rings. The first-order valence-corrected chi connectivity index (χ1v) is 14.2. The fourth-order valence-electron chi connectivity index (χ4n) is 5.17. The first-order valence-electron chi connectivity index (χ1n) is 14.2. The second-order valence-electron chi connectivity index (χ2n) is 10.3. The monoisotopic (exact) mass is 566 g/mol. The highest BCUT2D eigenvalue weighted by Gasteiger charge is 2.23. The van der Waals surface area contributed by atoms with Gasteiger partial charge in [0.15, 0.2) is 11.5 Å². The second kappa shape index (κ2) is 16.0. The molecule has 1 fully saturated rings. The highest BCUT2D eigenvalue weighted by molar-refractivity contribution is 5.88. The minimum Gasteiger partial charge on any atom is -0.453 e. The molecule has 8 heteroatoms. The Bertz CT molecular complexity index is 1210. The Morgan fingerprint density at radius 2 is 1.44 bits per heavy atom. The average Bonchev–Trinajstić information content (AvgIpc) is 3.00. The van der Waals surface area contributed by atoms with Crippen LogP contribution in [0, 0.1) is 5.92 Å². The van der Waals surface area contributed by atoms with Gasteiger partial charge in [0.2, 0.25) is 13.6 Å². The minimum absolute atomic E-state index is 0.0959. The quantitative estimate of drug-likeness (QED) is 0.157. The van der Waals surface area contributed by atoms with Crippen LogP contribution < -0.4 is 9.47 Å². The van der Waals surface area contributed by atoms with Crippen LogP contribution in [0.2, 0.25) is 0 Å². The number of aliphatic hydroxyl groups is 2. The van der Waals surface area contributed by atoms with E-state index in [-0.39, 0.29) is 22.6 Å². The Morgan fingerprint density at radius 3 is 2.00 bits per heavy atom.